The quantitative estimate of drug-likeness (QED) is 0.367. The van der Waals surface area contributed by atoms with Crippen LogP contribution < -0.4 is 10.5 Å². The minimum Gasteiger partial charge on any atom is -0.457 e. The van der Waals surface area contributed by atoms with Gasteiger partial charge in [0.2, 0.25) is 0 Å². The predicted octanol–water partition coefficient (Wildman–Crippen LogP) is 5.17. The van der Waals surface area contributed by atoms with Crippen LogP contribution in [0.3, 0.4) is 0 Å². The Morgan fingerprint density at radius 1 is 1.21 bits per heavy atom. The number of rotatable bonds is 6. The molecule has 6 nitrogen and oxygen atoms in total. The van der Waals surface area contributed by atoms with Crippen LogP contribution >= 0.6 is 0 Å². The fraction of sp³-hybridized carbons (Fsp3) is 0.292. The van der Waals surface area contributed by atoms with E-state index in [0.29, 0.717) is 35.5 Å². The first-order valence-corrected chi connectivity index (χ1v) is 10.4. The summed E-state index contributed by atoms with van der Waals surface area (Å²) < 4.78 is 55.2. The van der Waals surface area contributed by atoms with Crippen LogP contribution in [0.25, 0.3) is 5.57 Å². The van der Waals surface area contributed by atoms with Crippen LogP contribution in [-0.4, -0.2) is 38.4 Å². The zero-order valence-electron chi connectivity index (χ0n) is 18.2. The number of aliphatic imine (C=N–C) groups is 1. The van der Waals surface area contributed by atoms with Crippen molar-refractivity contribution < 1.29 is 27.4 Å². The molecule has 2 aromatic rings. The number of fused-ring (bicyclic) bond motifs is 2. The van der Waals surface area contributed by atoms with Gasteiger partial charge in [-0.05, 0) is 54.0 Å². The lowest BCUT2D eigenvalue weighted by Gasteiger charge is -2.28. The minimum atomic E-state index is -2.87. The Morgan fingerprint density at radius 3 is 2.67 bits per heavy atom. The summed E-state index contributed by atoms with van der Waals surface area (Å²) >= 11 is 0. The van der Waals surface area contributed by atoms with Gasteiger partial charge in [0.05, 0.1) is 0 Å². The molecule has 4 rings (SSSR count). The number of nitrogens with two attached hydrogens (primary N) is 1. The normalized spacial score (nSPS) is 17.5. The fourth-order valence-electron chi connectivity index (χ4n) is 3.86. The van der Waals surface area contributed by atoms with Gasteiger partial charge in [0.15, 0.2) is 5.96 Å². The van der Waals surface area contributed by atoms with Crippen molar-refractivity contribution in [2.45, 2.75) is 25.5 Å². The Bertz CT molecular complexity index is 1130. The summed E-state index contributed by atoms with van der Waals surface area (Å²) in [5.41, 5.74) is 8.91. The van der Waals surface area contributed by atoms with E-state index in [2.05, 4.69) is 9.73 Å². The number of ether oxygens (including phenoxy) is 3. The Kier molecular flexibility index (Phi) is 6.60. The Morgan fingerprint density at radius 2 is 1.94 bits per heavy atom. The molecule has 1 aliphatic heterocycles. The van der Waals surface area contributed by atoms with Crippen molar-refractivity contribution in [3.8, 4) is 11.5 Å². The molecule has 9 heteroatoms. The van der Waals surface area contributed by atoms with Crippen LogP contribution in [0.2, 0.25) is 0 Å². The van der Waals surface area contributed by atoms with Gasteiger partial charge in [0.1, 0.15) is 35.8 Å². The van der Waals surface area contributed by atoms with E-state index in [1.54, 1.807) is 37.3 Å². The minimum absolute atomic E-state index is 0.208. The Hall–Kier alpha value is -3.46. The fourth-order valence-corrected chi connectivity index (χ4v) is 3.86. The van der Waals surface area contributed by atoms with E-state index >= 15 is 0 Å². The maximum absolute atomic E-state index is 14.1. The van der Waals surface area contributed by atoms with Gasteiger partial charge in [-0.3, -0.25) is 0 Å². The third kappa shape index (κ3) is 4.98. The molecule has 174 valence electrons. The molecule has 0 radical (unpaired) electrons. The van der Waals surface area contributed by atoms with Gasteiger partial charge >= 0.3 is 6.61 Å². The average molecular weight is 459 g/mol. The monoisotopic (exact) mass is 459 g/mol. The second kappa shape index (κ2) is 9.58. The number of guanidine groups is 1. The molecule has 0 saturated heterocycles. The maximum atomic E-state index is 14.1. The van der Waals surface area contributed by atoms with Crippen molar-refractivity contribution in [1.29, 1.82) is 0 Å². The van der Waals surface area contributed by atoms with Crippen molar-refractivity contribution >= 4 is 11.5 Å². The summed E-state index contributed by atoms with van der Waals surface area (Å²) in [6, 6.07) is 9.09. The van der Waals surface area contributed by atoms with Crippen LogP contribution in [0.4, 0.5) is 13.2 Å². The van der Waals surface area contributed by atoms with Gasteiger partial charge in [0.25, 0.3) is 0 Å². The summed E-state index contributed by atoms with van der Waals surface area (Å²) in [7, 11) is 3.27. The molecule has 0 fully saturated rings. The smallest absolute Gasteiger partial charge is 0.387 e. The van der Waals surface area contributed by atoms with Crippen molar-refractivity contribution in [1.82, 2.24) is 4.90 Å². The molecule has 0 saturated carbocycles. The van der Waals surface area contributed by atoms with Crippen LogP contribution in [0, 0.1) is 5.82 Å². The highest BCUT2D eigenvalue weighted by Crippen LogP contribution is 2.46. The molecule has 1 heterocycles. The van der Waals surface area contributed by atoms with Gasteiger partial charge in [-0.1, -0.05) is 12.1 Å². The van der Waals surface area contributed by atoms with E-state index in [-0.39, 0.29) is 18.4 Å². The summed E-state index contributed by atoms with van der Waals surface area (Å²) in [5, 5.41) is 0. The zero-order chi connectivity index (χ0) is 23.5. The molecule has 2 aromatic carbocycles. The lowest BCUT2D eigenvalue weighted by molar-refractivity contribution is -0.0983. The maximum Gasteiger partial charge on any atom is 0.387 e. The first kappa shape index (κ1) is 22.7. The van der Waals surface area contributed by atoms with Crippen molar-refractivity contribution in [3.05, 3.63) is 76.8 Å². The molecule has 1 atom stereocenters. The molecular formula is C24H24F3N3O3. The van der Waals surface area contributed by atoms with Crippen molar-refractivity contribution in [2.75, 3.05) is 20.9 Å². The number of alkyl halides is 2. The number of allylic oxidation sites excluding steroid dienone is 4. The van der Waals surface area contributed by atoms with Crippen LogP contribution in [0.5, 0.6) is 11.5 Å². The SMILES string of the molecule is COCN(C)/C(N)=N\C1c2cc(F)ccc2Oc2ccc(C3=CCCC(OC(F)F)=C3)cc21. The summed E-state index contributed by atoms with van der Waals surface area (Å²) in [5.74, 6) is 1.05. The number of benzene rings is 2. The molecule has 0 bridgehead atoms. The predicted molar refractivity (Wildman–Crippen MR) is 118 cm³/mol. The van der Waals surface area contributed by atoms with Gasteiger partial charge < -0.3 is 24.8 Å². The summed E-state index contributed by atoms with van der Waals surface area (Å²) in [6.45, 7) is -2.64. The van der Waals surface area contributed by atoms with Gasteiger partial charge in [-0.25, -0.2) is 9.38 Å². The van der Waals surface area contributed by atoms with E-state index in [0.717, 1.165) is 11.1 Å². The number of methoxy groups -OCH3 is 1. The average Bonchev–Trinajstić information content (AvgIpc) is 2.79. The first-order valence-electron chi connectivity index (χ1n) is 10.4. The Balaban J connectivity index is 1.77. The highest BCUT2D eigenvalue weighted by Gasteiger charge is 2.29. The molecule has 0 aromatic heterocycles. The largest absolute Gasteiger partial charge is 0.457 e. The number of hydrogen-bond donors (Lipinski definition) is 1. The molecule has 2 aliphatic rings. The molecule has 2 N–H and O–H groups in total. The van der Waals surface area contributed by atoms with Crippen molar-refractivity contribution in [2.24, 2.45) is 10.7 Å². The highest BCUT2D eigenvalue weighted by atomic mass is 19.3. The van der Waals surface area contributed by atoms with Gasteiger partial charge in [-0.15, -0.1) is 0 Å². The zero-order valence-corrected chi connectivity index (χ0v) is 18.2. The molecule has 0 spiro atoms. The summed E-state index contributed by atoms with van der Waals surface area (Å²) in [4.78, 5) is 6.28. The van der Waals surface area contributed by atoms with E-state index < -0.39 is 18.5 Å². The standard InChI is InChI=1S/C24H24F3N3O3/c1-30(13-31-2)24(28)29-22-18-11-15(14-4-3-5-17(10-14)32-23(26)27)6-8-20(18)33-21-9-7-16(25)12-19(21)22/h4,6-12,22-23H,3,5,13H2,1-2H3,(H2,28,29). The first-order chi connectivity index (χ1) is 15.9. The number of hydrogen-bond acceptors (Lipinski definition) is 4. The van der Waals surface area contributed by atoms with E-state index in [1.807, 2.05) is 18.2 Å². The van der Waals surface area contributed by atoms with Crippen molar-refractivity contribution in [3.63, 3.8) is 0 Å². The summed E-state index contributed by atoms with van der Waals surface area (Å²) in [6.07, 6.45) is 4.54. The van der Waals surface area contributed by atoms with E-state index in [1.165, 1.54) is 12.1 Å². The van der Waals surface area contributed by atoms with Crippen LogP contribution in [0.15, 0.2) is 59.3 Å². The van der Waals surface area contributed by atoms with E-state index in [4.69, 9.17) is 15.2 Å². The van der Waals surface area contributed by atoms with E-state index in [9.17, 15) is 13.2 Å². The van der Waals surface area contributed by atoms with Crippen LogP contribution in [0.1, 0.15) is 35.6 Å². The number of nitrogens with zero attached hydrogens (tertiary/aromatic N) is 2. The molecule has 1 aliphatic carbocycles. The molecular weight excluding hydrogens is 435 g/mol. The second-order valence-electron chi connectivity index (χ2n) is 7.73. The topological polar surface area (TPSA) is 69.3 Å². The Labute approximate surface area is 189 Å². The number of halogens is 3. The lowest BCUT2D eigenvalue weighted by Crippen LogP contribution is -2.36. The molecule has 1 unspecified atom stereocenters. The molecule has 33 heavy (non-hydrogen) atoms. The highest BCUT2D eigenvalue weighted by molar-refractivity contribution is 5.80. The van der Waals surface area contributed by atoms with Gasteiger partial charge in [0, 0.05) is 31.7 Å². The lowest BCUT2D eigenvalue weighted by atomic mass is 9.90. The third-order valence-corrected chi connectivity index (χ3v) is 5.41. The van der Waals surface area contributed by atoms with Gasteiger partial charge in [-0.2, -0.15) is 8.78 Å². The molecule has 0 amide bonds. The second-order valence-corrected chi connectivity index (χ2v) is 7.73. The van der Waals surface area contributed by atoms with Crippen LogP contribution in [-0.2, 0) is 9.47 Å². The third-order valence-electron chi connectivity index (χ3n) is 5.41.